The lowest BCUT2D eigenvalue weighted by atomic mass is 10.1. The third-order valence-corrected chi connectivity index (χ3v) is 5.96. The number of nitrogens with zero attached hydrogens (tertiary/aromatic N) is 3. The molecule has 0 aliphatic carbocycles. The quantitative estimate of drug-likeness (QED) is 0.372. The van der Waals surface area contributed by atoms with Crippen molar-refractivity contribution in [3.63, 3.8) is 0 Å². The van der Waals surface area contributed by atoms with Crippen LogP contribution in [-0.2, 0) is 14.2 Å². The molecule has 1 fully saturated rings. The van der Waals surface area contributed by atoms with Crippen molar-refractivity contribution in [3.8, 4) is 0 Å². The van der Waals surface area contributed by atoms with E-state index in [1.165, 1.54) is 23.2 Å². The van der Waals surface area contributed by atoms with Crippen LogP contribution in [0.4, 0.5) is 5.82 Å². The molecule has 0 saturated carbocycles. The van der Waals surface area contributed by atoms with Crippen molar-refractivity contribution >= 4 is 28.8 Å². The molecule has 5 rings (SSSR count). The molecule has 11 nitrogen and oxygen atoms in total. The Kier molecular flexibility index (Phi) is 6.62. The monoisotopic (exact) mass is 502 g/mol. The van der Waals surface area contributed by atoms with Crippen molar-refractivity contribution in [2.75, 3.05) is 12.3 Å². The second-order valence-electron chi connectivity index (χ2n) is 8.30. The lowest BCUT2D eigenvalue weighted by molar-refractivity contribution is -0.0585. The van der Waals surface area contributed by atoms with Crippen molar-refractivity contribution in [3.05, 3.63) is 101 Å². The fraction of sp³-hybridized carbons (Fsp3) is 0.192. The molecule has 2 aromatic carbocycles. The highest BCUT2D eigenvalue weighted by Crippen LogP contribution is 2.34. The van der Waals surface area contributed by atoms with Gasteiger partial charge in [-0.25, -0.2) is 19.6 Å². The zero-order valence-electron chi connectivity index (χ0n) is 19.3. The standard InChI is InChI=1S/C26H22N4O7/c27-22-19-17(31)11-12-30(23(19)29-14-28-22)24-20(32)21(37-26(34)16-9-5-2-6-10-16)18(36-24)13-35-25(33)15-7-3-1-4-8-15/h1-12,14,18,20-21,24,32H,13H2,(H2,27,28,29)/t18-,20-,21+,24-/m1/s1. The second kappa shape index (κ2) is 10.2. The van der Waals surface area contributed by atoms with E-state index in [1.807, 2.05) is 0 Å². The first kappa shape index (κ1) is 24.1. The fourth-order valence-corrected chi connectivity index (χ4v) is 4.14. The highest BCUT2D eigenvalue weighted by atomic mass is 16.6. The van der Waals surface area contributed by atoms with Crippen LogP contribution in [0.25, 0.3) is 11.0 Å². The largest absolute Gasteiger partial charge is 0.459 e. The van der Waals surface area contributed by atoms with Gasteiger partial charge in [-0.05, 0) is 24.3 Å². The Hall–Kier alpha value is -4.61. The molecule has 3 heterocycles. The molecule has 1 aliphatic rings. The first-order valence-corrected chi connectivity index (χ1v) is 11.4. The number of benzene rings is 2. The highest BCUT2D eigenvalue weighted by molar-refractivity contribution is 5.90. The van der Waals surface area contributed by atoms with Crippen molar-refractivity contribution in [2.24, 2.45) is 0 Å². The predicted molar refractivity (Wildman–Crippen MR) is 130 cm³/mol. The summed E-state index contributed by atoms with van der Waals surface area (Å²) in [6.45, 7) is -0.316. The zero-order valence-corrected chi connectivity index (χ0v) is 19.3. The van der Waals surface area contributed by atoms with Gasteiger partial charge in [-0.2, -0.15) is 0 Å². The second-order valence-corrected chi connectivity index (χ2v) is 8.30. The van der Waals surface area contributed by atoms with Gasteiger partial charge in [-0.1, -0.05) is 36.4 Å². The van der Waals surface area contributed by atoms with Gasteiger partial charge in [0.05, 0.1) is 11.1 Å². The van der Waals surface area contributed by atoms with E-state index in [2.05, 4.69) is 9.97 Å². The zero-order chi connectivity index (χ0) is 25.9. The molecule has 188 valence electrons. The number of hydrogen-bond donors (Lipinski definition) is 2. The van der Waals surface area contributed by atoms with Gasteiger partial charge in [0, 0.05) is 12.3 Å². The minimum Gasteiger partial charge on any atom is -0.459 e. The van der Waals surface area contributed by atoms with E-state index >= 15 is 0 Å². The number of esters is 2. The normalized spacial score (nSPS) is 21.0. The van der Waals surface area contributed by atoms with Crippen LogP contribution in [-0.4, -0.2) is 56.5 Å². The summed E-state index contributed by atoms with van der Waals surface area (Å²) in [5, 5.41) is 11.3. The molecule has 0 spiro atoms. The maximum absolute atomic E-state index is 12.8. The van der Waals surface area contributed by atoms with Gasteiger partial charge < -0.3 is 29.6 Å². The Morgan fingerprint density at radius 1 is 0.973 bits per heavy atom. The van der Waals surface area contributed by atoms with E-state index in [-0.39, 0.29) is 29.0 Å². The smallest absolute Gasteiger partial charge is 0.338 e. The number of fused-ring (bicyclic) bond motifs is 1. The SMILES string of the molecule is Nc1ncnc2c1c(=O)ccn2[C@@H]1O[C@H](COC(=O)c2ccccc2)[C@H](OC(=O)c2ccccc2)[C@H]1O. The number of anilines is 1. The number of ether oxygens (including phenoxy) is 3. The number of aliphatic hydroxyl groups excluding tert-OH is 1. The number of carbonyl (C=O) groups excluding carboxylic acids is 2. The average Bonchev–Trinajstić information content (AvgIpc) is 3.23. The Morgan fingerprint density at radius 2 is 1.62 bits per heavy atom. The molecule has 0 unspecified atom stereocenters. The maximum atomic E-state index is 12.8. The van der Waals surface area contributed by atoms with Gasteiger partial charge in [0.15, 0.2) is 23.4 Å². The number of carbonyl (C=O) groups is 2. The van der Waals surface area contributed by atoms with Crippen LogP contribution in [0.5, 0.6) is 0 Å². The van der Waals surface area contributed by atoms with Crippen molar-refractivity contribution in [2.45, 2.75) is 24.5 Å². The summed E-state index contributed by atoms with van der Waals surface area (Å²) in [5.41, 5.74) is 6.20. The molecule has 1 aliphatic heterocycles. The Morgan fingerprint density at radius 3 is 2.30 bits per heavy atom. The van der Waals surface area contributed by atoms with Crippen LogP contribution in [0.1, 0.15) is 26.9 Å². The average molecular weight is 502 g/mol. The van der Waals surface area contributed by atoms with E-state index in [0.717, 1.165) is 0 Å². The molecule has 0 radical (unpaired) electrons. The van der Waals surface area contributed by atoms with Crippen LogP contribution < -0.4 is 11.2 Å². The van der Waals surface area contributed by atoms with Gasteiger partial charge in [0.25, 0.3) is 0 Å². The fourth-order valence-electron chi connectivity index (χ4n) is 4.14. The molecule has 11 heteroatoms. The third kappa shape index (κ3) is 4.77. The molecule has 4 aromatic rings. The summed E-state index contributed by atoms with van der Waals surface area (Å²) < 4.78 is 18.5. The predicted octanol–water partition coefficient (Wildman–Crippen LogP) is 1.71. The van der Waals surface area contributed by atoms with Crippen molar-refractivity contribution in [1.29, 1.82) is 0 Å². The van der Waals surface area contributed by atoms with E-state index in [1.54, 1.807) is 60.7 Å². The van der Waals surface area contributed by atoms with Crippen LogP contribution in [0, 0.1) is 0 Å². The number of nitrogen functional groups attached to an aromatic ring is 1. The minimum atomic E-state index is -1.41. The summed E-state index contributed by atoms with van der Waals surface area (Å²) in [6, 6.07) is 17.8. The molecule has 37 heavy (non-hydrogen) atoms. The molecular formula is C26H22N4O7. The van der Waals surface area contributed by atoms with E-state index < -0.39 is 41.9 Å². The first-order chi connectivity index (χ1) is 17.9. The summed E-state index contributed by atoms with van der Waals surface area (Å²) >= 11 is 0. The maximum Gasteiger partial charge on any atom is 0.338 e. The van der Waals surface area contributed by atoms with Crippen LogP contribution in [0.15, 0.2) is 84.0 Å². The Balaban J connectivity index is 1.45. The molecule has 0 bridgehead atoms. The van der Waals surface area contributed by atoms with Gasteiger partial charge in [0.2, 0.25) is 0 Å². The van der Waals surface area contributed by atoms with Gasteiger partial charge >= 0.3 is 11.9 Å². The number of aromatic nitrogens is 3. The van der Waals surface area contributed by atoms with Gasteiger partial charge in [0.1, 0.15) is 36.3 Å². The molecular weight excluding hydrogens is 480 g/mol. The van der Waals surface area contributed by atoms with Crippen LogP contribution in [0.3, 0.4) is 0 Å². The minimum absolute atomic E-state index is 0.0303. The van der Waals surface area contributed by atoms with E-state index in [4.69, 9.17) is 19.9 Å². The topological polar surface area (TPSA) is 156 Å². The molecule has 0 amide bonds. The van der Waals surface area contributed by atoms with E-state index in [0.29, 0.717) is 5.56 Å². The lowest BCUT2D eigenvalue weighted by Crippen LogP contribution is -2.39. The first-order valence-electron chi connectivity index (χ1n) is 11.4. The van der Waals surface area contributed by atoms with Gasteiger partial charge in [-0.3, -0.25) is 4.79 Å². The summed E-state index contributed by atoms with van der Waals surface area (Å²) in [5.74, 6) is -1.33. The third-order valence-electron chi connectivity index (χ3n) is 5.96. The lowest BCUT2D eigenvalue weighted by Gasteiger charge is -2.21. The van der Waals surface area contributed by atoms with Crippen LogP contribution >= 0.6 is 0 Å². The summed E-state index contributed by atoms with van der Waals surface area (Å²) in [7, 11) is 0. The summed E-state index contributed by atoms with van der Waals surface area (Å²) in [6.07, 6.45) is -2.23. The number of rotatable bonds is 6. The highest BCUT2D eigenvalue weighted by Gasteiger charge is 2.48. The molecule has 1 saturated heterocycles. The van der Waals surface area contributed by atoms with E-state index in [9.17, 15) is 19.5 Å². The number of pyridine rings is 1. The number of aliphatic hydroxyl groups is 1. The summed E-state index contributed by atoms with van der Waals surface area (Å²) in [4.78, 5) is 45.7. The Bertz CT molecular complexity index is 1490. The van der Waals surface area contributed by atoms with Gasteiger partial charge in [-0.15, -0.1) is 0 Å². The van der Waals surface area contributed by atoms with Crippen molar-refractivity contribution in [1.82, 2.24) is 14.5 Å². The molecule has 3 N–H and O–H groups in total. The molecule has 4 atom stereocenters. The number of nitrogens with two attached hydrogens (primary N) is 1. The number of hydrogen-bond acceptors (Lipinski definition) is 10. The Labute approximate surface area is 210 Å². The molecule has 2 aromatic heterocycles. The van der Waals surface area contributed by atoms with Crippen molar-refractivity contribution < 1.29 is 28.9 Å². The van der Waals surface area contributed by atoms with Crippen LogP contribution in [0.2, 0.25) is 0 Å².